The summed E-state index contributed by atoms with van der Waals surface area (Å²) in [6, 6.07) is 15.5. The second-order valence-electron chi connectivity index (χ2n) is 5.45. The Kier molecular flexibility index (Phi) is 3.12. The van der Waals surface area contributed by atoms with Crippen LogP contribution in [0.1, 0.15) is 16.2 Å². The minimum absolute atomic E-state index is 0.122. The van der Waals surface area contributed by atoms with E-state index in [-0.39, 0.29) is 12.6 Å². The molecule has 0 aliphatic heterocycles. The van der Waals surface area contributed by atoms with Crippen molar-refractivity contribution >= 4 is 27.9 Å². The van der Waals surface area contributed by atoms with Gasteiger partial charge in [0.05, 0.1) is 16.6 Å². The van der Waals surface area contributed by atoms with Gasteiger partial charge in [-0.2, -0.15) is 0 Å². The maximum absolute atomic E-state index is 12.4. The van der Waals surface area contributed by atoms with Gasteiger partial charge in [0.15, 0.2) is 0 Å². The molecule has 0 saturated carbocycles. The van der Waals surface area contributed by atoms with Crippen molar-refractivity contribution in [2.75, 3.05) is 0 Å². The van der Waals surface area contributed by atoms with Crippen LogP contribution in [0.25, 0.3) is 21.9 Å². The number of aryl methyl sites for hydroxylation is 1. The standard InChI is InChI=1S/C18H15N3O2/c1-21-10-13(12-6-2-5-9-16(12)21)18(22)23-11-17-19-14-7-3-4-8-15(14)20-17/h2-10H,11H2,1H3,(H,19,20). The number of esters is 1. The van der Waals surface area contributed by atoms with Crippen LogP contribution < -0.4 is 0 Å². The van der Waals surface area contributed by atoms with Gasteiger partial charge in [0.1, 0.15) is 12.4 Å². The third-order valence-electron chi connectivity index (χ3n) is 3.90. The summed E-state index contributed by atoms with van der Waals surface area (Å²) in [6.45, 7) is 0.122. The Bertz CT molecular complexity index is 980. The Morgan fingerprint density at radius 2 is 1.96 bits per heavy atom. The minimum atomic E-state index is -0.345. The van der Waals surface area contributed by atoms with E-state index in [9.17, 15) is 4.79 Å². The molecule has 4 rings (SSSR count). The number of para-hydroxylation sites is 3. The number of nitrogens with one attached hydrogen (secondary N) is 1. The number of nitrogens with zero attached hydrogens (tertiary/aromatic N) is 2. The zero-order valence-electron chi connectivity index (χ0n) is 12.6. The molecule has 0 bridgehead atoms. The molecule has 2 aromatic heterocycles. The predicted octanol–water partition coefficient (Wildman–Crippen LogP) is 3.41. The summed E-state index contributed by atoms with van der Waals surface area (Å²) >= 11 is 0. The van der Waals surface area contributed by atoms with Crippen LogP contribution in [0.3, 0.4) is 0 Å². The molecular formula is C18H15N3O2. The van der Waals surface area contributed by atoms with Crippen LogP contribution in [-0.4, -0.2) is 20.5 Å². The van der Waals surface area contributed by atoms with E-state index >= 15 is 0 Å². The number of hydrogen-bond acceptors (Lipinski definition) is 3. The number of benzene rings is 2. The van der Waals surface area contributed by atoms with E-state index < -0.39 is 0 Å². The molecule has 2 heterocycles. The first-order valence-corrected chi connectivity index (χ1v) is 7.37. The highest BCUT2D eigenvalue weighted by Gasteiger charge is 2.15. The molecule has 1 N–H and O–H groups in total. The summed E-state index contributed by atoms with van der Waals surface area (Å²) < 4.78 is 7.34. The Labute approximate surface area is 132 Å². The fraction of sp³-hybridized carbons (Fsp3) is 0.111. The average Bonchev–Trinajstić information content (AvgIpc) is 3.14. The van der Waals surface area contributed by atoms with Gasteiger partial charge in [-0.3, -0.25) is 0 Å². The van der Waals surface area contributed by atoms with Gasteiger partial charge in [-0.15, -0.1) is 0 Å². The molecule has 0 unspecified atom stereocenters. The average molecular weight is 305 g/mol. The molecule has 5 nitrogen and oxygen atoms in total. The van der Waals surface area contributed by atoms with E-state index in [0.717, 1.165) is 21.9 Å². The number of H-pyrrole nitrogens is 1. The van der Waals surface area contributed by atoms with Crippen molar-refractivity contribution < 1.29 is 9.53 Å². The summed E-state index contributed by atoms with van der Waals surface area (Å²) in [7, 11) is 1.92. The van der Waals surface area contributed by atoms with Crippen LogP contribution >= 0.6 is 0 Å². The number of fused-ring (bicyclic) bond motifs is 2. The molecule has 0 spiro atoms. The Morgan fingerprint density at radius 1 is 1.17 bits per heavy atom. The van der Waals surface area contributed by atoms with E-state index in [1.54, 1.807) is 6.20 Å². The summed E-state index contributed by atoms with van der Waals surface area (Å²) in [4.78, 5) is 19.9. The maximum Gasteiger partial charge on any atom is 0.340 e. The molecular weight excluding hydrogens is 290 g/mol. The molecule has 0 radical (unpaired) electrons. The van der Waals surface area contributed by atoms with Gasteiger partial charge < -0.3 is 14.3 Å². The molecule has 114 valence electrons. The highest BCUT2D eigenvalue weighted by molar-refractivity contribution is 6.04. The highest BCUT2D eigenvalue weighted by atomic mass is 16.5. The second kappa shape index (κ2) is 5.28. The second-order valence-corrected chi connectivity index (χ2v) is 5.45. The lowest BCUT2D eigenvalue weighted by Gasteiger charge is -2.01. The Hall–Kier alpha value is -3.08. The number of ether oxygens (including phenoxy) is 1. The van der Waals surface area contributed by atoms with Crippen molar-refractivity contribution in [3.63, 3.8) is 0 Å². The lowest BCUT2D eigenvalue weighted by atomic mass is 10.2. The number of hydrogen-bond donors (Lipinski definition) is 1. The quantitative estimate of drug-likeness (QED) is 0.590. The van der Waals surface area contributed by atoms with E-state index in [1.165, 1.54) is 0 Å². The minimum Gasteiger partial charge on any atom is -0.454 e. The zero-order chi connectivity index (χ0) is 15.8. The third kappa shape index (κ3) is 2.36. The van der Waals surface area contributed by atoms with Crippen LogP contribution in [0.5, 0.6) is 0 Å². The van der Waals surface area contributed by atoms with Crippen molar-refractivity contribution in [2.45, 2.75) is 6.61 Å². The molecule has 23 heavy (non-hydrogen) atoms. The topological polar surface area (TPSA) is 59.9 Å². The predicted molar refractivity (Wildman–Crippen MR) is 88.1 cm³/mol. The van der Waals surface area contributed by atoms with E-state index in [0.29, 0.717) is 11.4 Å². The first-order valence-electron chi connectivity index (χ1n) is 7.37. The van der Waals surface area contributed by atoms with E-state index in [4.69, 9.17) is 4.74 Å². The SMILES string of the molecule is Cn1cc(C(=O)OCc2nc3ccccc3[nH]2)c2ccccc21. The normalized spacial score (nSPS) is 11.2. The van der Waals surface area contributed by atoms with Crippen LogP contribution in [-0.2, 0) is 18.4 Å². The highest BCUT2D eigenvalue weighted by Crippen LogP contribution is 2.21. The summed E-state index contributed by atoms with van der Waals surface area (Å²) in [5, 5.41) is 0.893. The van der Waals surface area contributed by atoms with Gasteiger partial charge in [0.25, 0.3) is 0 Å². The van der Waals surface area contributed by atoms with Crippen molar-refractivity contribution in [1.82, 2.24) is 14.5 Å². The van der Waals surface area contributed by atoms with Crippen molar-refractivity contribution in [3.8, 4) is 0 Å². The number of carbonyl (C=O) groups excluding carboxylic acids is 1. The van der Waals surface area contributed by atoms with Gasteiger partial charge in [0, 0.05) is 24.1 Å². The first-order chi connectivity index (χ1) is 11.2. The number of aromatic nitrogens is 3. The Morgan fingerprint density at radius 3 is 2.83 bits per heavy atom. The molecule has 0 amide bonds. The number of rotatable bonds is 3. The molecule has 2 aromatic carbocycles. The lowest BCUT2D eigenvalue weighted by Crippen LogP contribution is -2.05. The number of carbonyl (C=O) groups is 1. The van der Waals surface area contributed by atoms with Crippen LogP contribution in [0.2, 0.25) is 0 Å². The van der Waals surface area contributed by atoms with Gasteiger partial charge in [-0.1, -0.05) is 30.3 Å². The molecule has 0 atom stereocenters. The third-order valence-corrected chi connectivity index (χ3v) is 3.90. The zero-order valence-corrected chi connectivity index (χ0v) is 12.6. The smallest absolute Gasteiger partial charge is 0.340 e. The molecule has 0 fully saturated rings. The van der Waals surface area contributed by atoms with Crippen LogP contribution in [0, 0.1) is 0 Å². The first kappa shape index (κ1) is 13.6. The lowest BCUT2D eigenvalue weighted by molar-refractivity contribution is 0.0465. The van der Waals surface area contributed by atoms with Crippen molar-refractivity contribution in [1.29, 1.82) is 0 Å². The largest absolute Gasteiger partial charge is 0.454 e. The van der Waals surface area contributed by atoms with Gasteiger partial charge in [-0.05, 0) is 18.2 Å². The maximum atomic E-state index is 12.4. The monoisotopic (exact) mass is 305 g/mol. The molecule has 5 heteroatoms. The van der Waals surface area contributed by atoms with Gasteiger partial charge >= 0.3 is 5.97 Å². The van der Waals surface area contributed by atoms with Crippen molar-refractivity contribution in [3.05, 3.63) is 66.1 Å². The number of aromatic amines is 1. The molecule has 4 aromatic rings. The summed E-state index contributed by atoms with van der Waals surface area (Å²) in [5.74, 6) is 0.294. The molecule has 0 aliphatic rings. The fourth-order valence-electron chi connectivity index (χ4n) is 2.79. The summed E-state index contributed by atoms with van der Waals surface area (Å²) in [5.41, 5.74) is 3.37. The Balaban J connectivity index is 1.57. The van der Waals surface area contributed by atoms with Crippen molar-refractivity contribution in [2.24, 2.45) is 7.05 Å². The molecule has 0 aliphatic carbocycles. The number of imidazole rings is 1. The van der Waals surface area contributed by atoms with E-state index in [1.807, 2.05) is 60.1 Å². The fourth-order valence-corrected chi connectivity index (χ4v) is 2.79. The van der Waals surface area contributed by atoms with E-state index in [2.05, 4.69) is 9.97 Å². The van der Waals surface area contributed by atoms with Crippen LogP contribution in [0.4, 0.5) is 0 Å². The molecule has 0 saturated heterocycles. The summed E-state index contributed by atoms with van der Waals surface area (Å²) in [6.07, 6.45) is 1.80. The van der Waals surface area contributed by atoms with Crippen LogP contribution in [0.15, 0.2) is 54.7 Å². The van der Waals surface area contributed by atoms with Gasteiger partial charge in [-0.25, -0.2) is 9.78 Å². The van der Waals surface area contributed by atoms with Gasteiger partial charge in [0.2, 0.25) is 0 Å².